The number of halogens is 3. The van der Waals surface area contributed by atoms with E-state index in [-0.39, 0.29) is 15.7 Å². The van der Waals surface area contributed by atoms with Crippen molar-refractivity contribution < 1.29 is 8.42 Å². The first-order valence-electron chi connectivity index (χ1n) is 5.64. The highest BCUT2D eigenvalue weighted by atomic mass is 79.9. The molecule has 1 atom stereocenters. The molecule has 1 aromatic carbocycles. The highest BCUT2D eigenvalue weighted by molar-refractivity contribution is 9.10. The first-order valence-corrected chi connectivity index (χ1v) is 8.74. The van der Waals surface area contributed by atoms with E-state index in [0.717, 1.165) is 0 Å². The van der Waals surface area contributed by atoms with Gasteiger partial charge in [-0.1, -0.05) is 46.1 Å². The van der Waals surface area contributed by atoms with Crippen molar-refractivity contribution >= 4 is 54.8 Å². The lowest BCUT2D eigenvalue weighted by molar-refractivity contribution is 0.579. The summed E-state index contributed by atoms with van der Waals surface area (Å²) in [4.78, 5) is 0. The van der Waals surface area contributed by atoms with E-state index in [1.807, 2.05) is 6.92 Å². The highest BCUT2D eigenvalue weighted by Gasteiger charge is 2.22. The molecule has 1 aromatic rings. The van der Waals surface area contributed by atoms with E-state index in [0.29, 0.717) is 17.6 Å². The first kappa shape index (κ1) is 17.0. The minimum absolute atomic E-state index is 0.204. The van der Waals surface area contributed by atoms with Crippen molar-refractivity contribution in [2.24, 2.45) is 0 Å². The summed E-state index contributed by atoms with van der Waals surface area (Å²) in [5, 5.41) is 2.89. The minimum Gasteiger partial charge on any atom is -0.316 e. The van der Waals surface area contributed by atoms with E-state index < -0.39 is 15.3 Å². The largest absolute Gasteiger partial charge is 0.316 e. The molecule has 0 heterocycles. The van der Waals surface area contributed by atoms with Gasteiger partial charge in [0.15, 0.2) is 0 Å². The Morgan fingerprint density at radius 3 is 2.32 bits per heavy atom. The van der Waals surface area contributed by atoms with Crippen LogP contribution >= 0.6 is 39.1 Å². The molecule has 2 N–H and O–H groups in total. The molecule has 19 heavy (non-hydrogen) atoms. The van der Waals surface area contributed by atoms with E-state index in [2.05, 4.69) is 26.0 Å². The smallest absolute Gasteiger partial charge is 0.236 e. The fraction of sp³-hybridized carbons (Fsp3) is 0.455. The molecule has 0 aliphatic rings. The summed E-state index contributed by atoms with van der Waals surface area (Å²) in [6.07, 6.45) is 0. The maximum atomic E-state index is 12.1. The first-order chi connectivity index (χ1) is 8.77. The summed E-state index contributed by atoms with van der Waals surface area (Å²) in [7, 11) is -3.54. The fourth-order valence-corrected chi connectivity index (χ4v) is 3.80. The Morgan fingerprint density at radius 1 is 1.32 bits per heavy atom. The van der Waals surface area contributed by atoms with Crippen LogP contribution in [-0.2, 0) is 10.0 Å². The number of hydrogen-bond donors (Lipinski definition) is 2. The molecule has 0 aliphatic heterocycles. The second-order valence-corrected chi connectivity index (χ2v) is 7.84. The summed E-state index contributed by atoms with van der Waals surface area (Å²) in [5.41, 5.74) is 0.204. The van der Waals surface area contributed by atoms with Gasteiger partial charge in [-0.15, -0.1) is 0 Å². The van der Waals surface area contributed by atoms with Crippen molar-refractivity contribution in [3.8, 4) is 0 Å². The summed E-state index contributed by atoms with van der Waals surface area (Å²) in [5.74, 6) is 0. The van der Waals surface area contributed by atoms with Gasteiger partial charge in [-0.05, 0) is 25.6 Å². The molecule has 8 heteroatoms. The topological polar surface area (TPSA) is 58.2 Å². The number of hydrogen-bond acceptors (Lipinski definition) is 3. The third-order valence-electron chi connectivity index (χ3n) is 2.46. The van der Waals surface area contributed by atoms with Crippen molar-refractivity contribution in [3.05, 3.63) is 26.7 Å². The van der Waals surface area contributed by atoms with Gasteiger partial charge < -0.3 is 5.32 Å². The Bertz CT molecular complexity index is 529. The Kier molecular flexibility index (Phi) is 6.39. The third-order valence-corrected chi connectivity index (χ3v) is 5.23. The summed E-state index contributed by atoms with van der Waals surface area (Å²) >= 11 is 15.2. The molecular formula is C11H15BrCl2N2O2S. The molecule has 0 saturated heterocycles. The lowest BCUT2D eigenvalue weighted by Gasteiger charge is -2.17. The second-order valence-electron chi connectivity index (χ2n) is 4.01. The van der Waals surface area contributed by atoms with Gasteiger partial charge in [-0.3, -0.25) is 4.72 Å². The molecule has 0 aliphatic carbocycles. The van der Waals surface area contributed by atoms with Gasteiger partial charge >= 0.3 is 0 Å². The Labute approximate surface area is 132 Å². The lowest BCUT2D eigenvalue weighted by atomic mass is 10.3. The van der Waals surface area contributed by atoms with Crippen LogP contribution in [0, 0.1) is 0 Å². The Hall–Kier alpha value is -0.0100. The van der Waals surface area contributed by atoms with Crippen LogP contribution in [-0.4, -0.2) is 26.8 Å². The van der Waals surface area contributed by atoms with Crippen LogP contribution in [0.1, 0.15) is 13.8 Å². The van der Waals surface area contributed by atoms with Gasteiger partial charge in [-0.2, -0.15) is 0 Å². The predicted octanol–water partition coefficient (Wildman–Crippen LogP) is 3.50. The van der Waals surface area contributed by atoms with Crippen LogP contribution in [0.3, 0.4) is 0 Å². The van der Waals surface area contributed by atoms with Crippen molar-refractivity contribution in [1.82, 2.24) is 5.32 Å². The van der Waals surface area contributed by atoms with Crippen LogP contribution in [0.15, 0.2) is 16.6 Å². The van der Waals surface area contributed by atoms with Gasteiger partial charge in [0.2, 0.25) is 10.0 Å². The molecule has 0 bridgehead atoms. The normalized spacial score (nSPS) is 13.3. The van der Waals surface area contributed by atoms with Gasteiger partial charge in [0, 0.05) is 11.0 Å². The van der Waals surface area contributed by atoms with E-state index in [4.69, 9.17) is 23.2 Å². The van der Waals surface area contributed by atoms with Crippen LogP contribution in [0.5, 0.6) is 0 Å². The summed E-state index contributed by atoms with van der Waals surface area (Å²) in [6, 6.07) is 3.17. The highest BCUT2D eigenvalue weighted by Crippen LogP contribution is 2.34. The maximum absolute atomic E-state index is 12.1. The standard InChI is InChI=1S/C11H15BrCl2N2O2S/c1-3-15-6-7(2)19(17,18)16-11-9(13)4-8(12)5-10(11)14/h4-5,7,15-16H,3,6H2,1-2H3. The zero-order valence-corrected chi connectivity index (χ0v) is 14.4. The van der Waals surface area contributed by atoms with Crippen molar-refractivity contribution in [2.75, 3.05) is 17.8 Å². The maximum Gasteiger partial charge on any atom is 0.236 e. The zero-order valence-electron chi connectivity index (χ0n) is 10.5. The predicted molar refractivity (Wildman–Crippen MR) is 84.7 cm³/mol. The minimum atomic E-state index is -3.54. The molecule has 0 fully saturated rings. The van der Waals surface area contributed by atoms with Crippen LogP contribution in [0.2, 0.25) is 10.0 Å². The van der Waals surface area contributed by atoms with Crippen LogP contribution in [0.25, 0.3) is 0 Å². The van der Waals surface area contributed by atoms with Crippen LogP contribution in [0.4, 0.5) is 5.69 Å². The molecule has 1 rings (SSSR count). The summed E-state index contributed by atoms with van der Waals surface area (Å²) in [6.45, 7) is 4.60. The monoisotopic (exact) mass is 388 g/mol. The van der Waals surface area contributed by atoms with Crippen molar-refractivity contribution in [1.29, 1.82) is 0 Å². The number of rotatable bonds is 6. The Morgan fingerprint density at radius 2 is 1.84 bits per heavy atom. The Balaban J connectivity index is 2.96. The molecule has 0 spiro atoms. The summed E-state index contributed by atoms with van der Waals surface area (Å²) < 4.78 is 27.4. The van der Waals surface area contributed by atoms with Crippen LogP contribution < -0.4 is 10.0 Å². The second kappa shape index (κ2) is 7.13. The van der Waals surface area contributed by atoms with Gasteiger partial charge in [0.1, 0.15) is 0 Å². The van der Waals surface area contributed by atoms with E-state index in [9.17, 15) is 8.42 Å². The van der Waals surface area contributed by atoms with Gasteiger partial charge in [0.05, 0.1) is 21.0 Å². The third kappa shape index (κ3) is 4.79. The SMILES string of the molecule is CCNCC(C)S(=O)(=O)Nc1c(Cl)cc(Br)cc1Cl. The molecule has 1 unspecified atom stereocenters. The van der Waals surface area contributed by atoms with E-state index in [1.165, 1.54) is 0 Å². The van der Waals surface area contributed by atoms with E-state index >= 15 is 0 Å². The molecule has 0 radical (unpaired) electrons. The number of nitrogens with one attached hydrogen (secondary N) is 2. The zero-order chi connectivity index (χ0) is 14.6. The van der Waals surface area contributed by atoms with E-state index in [1.54, 1.807) is 19.1 Å². The molecule has 4 nitrogen and oxygen atoms in total. The number of sulfonamides is 1. The quantitative estimate of drug-likeness (QED) is 0.782. The molecule has 0 saturated carbocycles. The molecule has 0 aromatic heterocycles. The number of anilines is 1. The fourth-order valence-electron chi connectivity index (χ4n) is 1.34. The molecule has 0 amide bonds. The van der Waals surface area contributed by atoms with Crippen molar-refractivity contribution in [3.63, 3.8) is 0 Å². The molecule has 108 valence electrons. The van der Waals surface area contributed by atoms with Gasteiger partial charge in [-0.25, -0.2) is 8.42 Å². The molecular weight excluding hydrogens is 375 g/mol. The lowest BCUT2D eigenvalue weighted by Crippen LogP contribution is -2.34. The number of benzene rings is 1. The van der Waals surface area contributed by atoms with Crippen molar-refractivity contribution in [2.45, 2.75) is 19.1 Å². The average molecular weight is 390 g/mol. The van der Waals surface area contributed by atoms with Gasteiger partial charge in [0.25, 0.3) is 0 Å². The average Bonchev–Trinajstić information content (AvgIpc) is 2.30.